The summed E-state index contributed by atoms with van der Waals surface area (Å²) in [7, 11) is 0. The van der Waals surface area contributed by atoms with Gasteiger partial charge in [0.2, 0.25) is 0 Å². The molecule has 3 rings (SSSR count). The summed E-state index contributed by atoms with van der Waals surface area (Å²) in [4.78, 5) is 14.4. The molecule has 0 aromatic heterocycles. The highest BCUT2D eigenvalue weighted by molar-refractivity contribution is 5.75. The quantitative estimate of drug-likeness (QED) is 0.833. The zero-order valence-electron chi connectivity index (χ0n) is 11.1. The third-order valence-corrected chi connectivity index (χ3v) is 4.41. The van der Waals surface area contributed by atoms with Gasteiger partial charge in [0.1, 0.15) is 0 Å². The smallest absolute Gasteiger partial charge is 0.317 e. The lowest BCUT2D eigenvalue weighted by molar-refractivity contribution is 0.160. The molecular weight excluding hydrogens is 228 g/mol. The van der Waals surface area contributed by atoms with Crippen LogP contribution in [0.2, 0.25) is 0 Å². The molecular formula is C14H24N2O2. The monoisotopic (exact) mass is 252 g/mol. The molecule has 0 radical (unpaired) electrons. The lowest BCUT2D eigenvalue weighted by Gasteiger charge is -2.27. The maximum atomic E-state index is 12.3. The van der Waals surface area contributed by atoms with Crippen LogP contribution in [0.5, 0.6) is 0 Å². The zero-order valence-corrected chi connectivity index (χ0v) is 11.1. The highest BCUT2D eigenvalue weighted by Crippen LogP contribution is 2.29. The first-order valence-corrected chi connectivity index (χ1v) is 7.48. The predicted molar refractivity (Wildman–Crippen MR) is 69.4 cm³/mol. The number of hydrogen-bond acceptors (Lipinski definition) is 2. The van der Waals surface area contributed by atoms with Crippen molar-refractivity contribution in [2.24, 2.45) is 5.92 Å². The number of hydrogen-bond donors (Lipinski definition) is 1. The molecule has 2 saturated carbocycles. The predicted octanol–water partition coefficient (Wildman–Crippen LogP) is 2.14. The highest BCUT2D eigenvalue weighted by Gasteiger charge is 2.35. The van der Waals surface area contributed by atoms with E-state index >= 15 is 0 Å². The Kier molecular flexibility index (Phi) is 3.73. The number of nitrogens with one attached hydrogen (secondary N) is 1. The van der Waals surface area contributed by atoms with Gasteiger partial charge in [-0.1, -0.05) is 12.8 Å². The average Bonchev–Trinajstić information content (AvgIpc) is 2.87. The number of urea groups is 1. The molecule has 4 heteroatoms. The number of amides is 2. The second kappa shape index (κ2) is 5.47. The van der Waals surface area contributed by atoms with E-state index in [0.29, 0.717) is 18.0 Å². The van der Waals surface area contributed by atoms with Gasteiger partial charge >= 0.3 is 6.03 Å². The normalized spacial score (nSPS) is 28.6. The number of nitrogens with zero attached hydrogens (tertiary/aromatic N) is 1. The fraction of sp³-hybridized carbons (Fsp3) is 0.929. The molecule has 0 spiro atoms. The van der Waals surface area contributed by atoms with E-state index in [1.54, 1.807) is 0 Å². The third kappa shape index (κ3) is 2.97. The molecule has 0 aromatic carbocycles. The van der Waals surface area contributed by atoms with Gasteiger partial charge in [0.05, 0.1) is 6.61 Å². The van der Waals surface area contributed by atoms with Crippen LogP contribution in [0.3, 0.4) is 0 Å². The fourth-order valence-corrected chi connectivity index (χ4v) is 3.12. The lowest BCUT2D eigenvalue weighted by atomic mass is 10.1. The third-order valence-electron chi connectivity index (χ3n) is 4.41. The Hall–Kier alpha value is -0.770. The molecule has 1 heterocycles. The summed E-state index contributed by atoms with van der Waals surface area (Å²) in [6.45, 7) is 2.59. The molecule has 1 N–H and O–H groups in total. The van der Waals surface area contributed by atoms with Crippen LogP contribution in [0.1, 0.15) is 44.9 Å². The Bertz CT molecular complexity index is 292. The van der Waals surface area contributed by atoms with Gasteiger partial charge in [-0.25, -0.2) is 4.79 Å². The fourth-order valence-electron chi connectivity index (χ4n) is 3.12. The zero-order chi connectivity index (χ0) is 12.4. The number of ether oxygens (including phenoxy) is 1. The van der Waals surface area contributed by atoms with Crippen molar-refractivity contribution >= 4 is 6.03 Å². The number of rotatable bonds is 4. The first-order valence-electron chi connectivity index (χ1n) is 7.48. The number of carbonyl (C=O) groups excluding carboxylic acids is 1. The SMILES string of the molecule is O=C(NC1CCCC1)N(CC1CCOC1)C1CC1. The first-order chi connectivity index (χ1) is 8.83. The molecule has 3 fully saturated rings. The largest absolute Gasteiger partial charge is 0.381 e. The molecule has 18 heavy (non-hydrogen) atoms. The summed E-state index contributed by atoms with van der Waals surface area (Å²) in [6, 6.07) is 1.11. The van der Waals surface area contributed by atoms with Crippen molar-refractivity contribution in [1.29, 1.82) is 0 Å². The van der Waals surface area contributed by atoms with Crippen molar-refractivity contribution in [3.63, 3.8) is 0 Å². The van der Waals surface area contributed by atoms with Gasteiger partial charge in [-0.3, -0.25) is 0 Å². The molecule has 1 atom stereocenters. The van der Waals surface area contributed by atoms with Crippen LogP contribution < -0.4 is 5.32 Å². The van der Waals surface area contributed by atoms with Crippen LogP contribution in [0.25, 0.3) is 0 Å². The Balaban J connectivity index is 1.52. The van der Waals surface area contributed by atoms with Crippen LogP contribution >= 0.6 is 0 Å². The number of carbonyl (C=O) groups is 1. The van der Waals surface area contributed by atoms with Gasteiger partial charge in [0, 0.05) is 31.2 Å². The molecule has 102 valence electrons. The Morgan fingerprint density at radius 1 is 1.17 bits per heavy atom. The van der Waals surface area contributed by atoms with Crippen molar-refractivity contribution < 1.29 is 9.53 Å². The molecule has 0 aromatic rings. The van der Waals surface area contributed by atoms with E-state index in [9.17, 15) is 4.79 Å². The minimum absolute atomic E-state index is 0.177. The van der Waals surface area contributed by atoms with E-state index in [0.717, 1.165) is 39.0 Å². The Morgan fingerprint density at radius 2 is 1.94 bits per heavy atom. The minimum atomic E-state index is 0.177. The molecule has 4 nitrogen and oxygen atoms in total. The molecule has 1 saturated heterocycles. The summed E-state index contributed by atoms with van der Waals surface area (Å²) in [5.41, 5.74) is 0. The molecule has 1 aliphatic heterocycles. The first kappa shape index (κ1) is 12.3. The Morgan fingerprint density at radius 3 is 2.56 bits per heavy atom. The topological polar surface area (TPSA) is 41.6 Å². The van der Waals surface area contributed by atoms with Gasteiger partial charge < -0.3 is 15.0 Å². The van der Waals surface area contributed by atoms with E-state index < -0.39 is 0 Å². The lowest BCUT2D eigenvalue weighted by Crippen LogP contribution is -2.47. The molecule has 3 aliphatic rings. The molecule has 1 unspecified atom stereocenters. The van der Waals surface area contributed by atoms with Crippen molar-refractivity contribution in [1.82, 2.24) is 10.2 Å². The van der Waals surface area contributed by atoms with Gasteiger partial charge in [0.15, 0.2) is 0 Å². The van der Waals surface area contributed by atoms with Crippen molar-refractivity contribution in [3.05, 3.63) is 0 Å². The summed E-state index contributed by atoms with van der Waals surface area (Å²) < 4.78 is 5.41. The van der Waals surface area contributed by atoms with Gasteiger partial charge in [0.25, 0.3) is 0 Å². The summed E-state index contributed by atoms with van der Waals surface area (Å²) in [6.07, 6.45) is 8.35. The van der Waals surface area contributed by atoms with E-state index in [4.69, 9.17) is 4.74 Å². The van der Waals surface area contributed by atoms with Gasteiger partial charge in [-0.2, -0.15) is 0 Å². The second-order valence-corrected chi connectivity index (χ2v) is 6.04. The second-order valence-electron chi connectivity index (χ2n) is 6.04. The van der Waals surface area contributed by atoms with Crippen LogP contribution in [-0.4, -0.2) is 42.8 Å². The van der Waals surface area contributed by atoms with E-state index in [1.165, 1.54) is 25.7 Å². The molecule has 2 aliphatic carbocycles. The Labute approximate surface area is 109 Å². The van der Waals surface area contributed by atoms with E-state index in [1.807, 2.05) is 0 Å². The van der Waals surface area contributed by atoms with Crippen LogP contribution in [0, 0.1) is 5.92 Å². The van der Waals surface area contributed by atoms with Crippen LogP contribution in [0.4, 0.5) is 4.79 Å². The van der Waals surface area contributed by atoms with Crippen molar-refractivity contribution in [3.8, 4) is 0 Å². The van der Waals surface area contributed by atoms with Crippen molar-refractivity contribution in [2.75, 3.05) is 19.8 Å². The van der Waals surface area contributed by atoms with Crippen LogP contribution in [-0.2, 0) is 4.74 Å². The summed E-state index contributed by atoms with van der Waals surface area (Å²) in [5, 5.41) is 3.22. The van der Waals surface area contributed by atoms with Gasteiger partial charge in [-0.15, -0.1) is 0 Å². The van der Waals surface area contributed by atoms with E-state index in [2.05, 4.69) is 10.2 Å². The maximum Gasteiger partial charge on any atom is 0.317 e. The summed E-state index contributed by atoms with van der Waals surface area (Å²) >= 11 is 0. The van der Waals surface area contributed by atoms with Crippen LogP contribution in [0.15, 0.2) is 0 Å². The minimum Gasteiger partial charge on any atom is -0.381 e. The summed E-state index contributed by atoms with van der Waals surface area (Å²) in [5.74, 6) is 0.555. The highest BCUT2D eigenvalue weighted by atomic mass is 16.5. The molecule has 0 bridgehead atoms. The van der Waals surface area contributed by atoms with Crippen molar-refractivity contribution in [2.45, 2.75) is 57.0 Å². The standard InChI is InChI=1S/C14H24N2O2/c17-14(15-12-3-1-2-4-12)16(13-5-6-13)9-11-7-8-18-10-11/h11-13H,1-10H2,(H,15,17). The van der Waals surface area contributed by atoms with Gasteiger partial charge in [-0.05, 0) is 32.1 Å². The average molecular weight is 252 g/mol. The maximum absolute atomic E-state index is 12.3. The molecule has 2 amide bonds. The van der Waals surface area contributed by atoms with E-state index in [-0.39, 0.29) is 6.03 Å².